The molecule has 1 aromatic heterocycles. The first kappa shape index (κ1) is 13.7. The van der Waals surface area contributed by atoms with Gasteiger partial charge < -0.3 is 5.11 Å². The second-order valence-corrected chi connectivity index (χ2v) is 5.56. The van der Waals surface area contributed by atoms with Crippen LogP contribution in [0.3, 0.4) is 0 Å². The molecule has 1 aliphatic heterocycles. The predicted octanol–water partition coefficient (Wildman–Crippen LogP) is 3.42. The average molecular weight is 285 g/mol. The number of rotatable bonds is 2. The van der Waals surface area contributed by atoms with Crippen molar-refractivity contribution in [2.45, 2.75) is 26.8 Å². The number of benzene rings is 1. The van der Waals surface area contributed by atoms with E-state index in [2.05, 4.69) is 18.9 Å². The van der Waals surface area contributed by atoms with Crippen molar-refractivity contribution in [3.8, 4) is 0 Å². The number of aromatic nitrogens is 2. The summed E-state index contributed by atoms with van der Waals surface area (Å²) in [6, 6.07) is 6.01. The maximum Gasteiger partial charge on any atom is 0.411 e. The second kappa shape index (κ2) is 5.24. The van der Waals surface area contributed by atoms with E-state index in [0.717, 1.165) is 35.1 Å². The monoisotopic (exact) mass is 285 g/mol. The molecular weight excluding hydrogens is 266 g/mol. The Morgan fingerprint density at radius 2 is 2.29 bits per heavy atom. The first-order valence-corrected chi connectivity index (χ1v) is 7.26. The van der Waals surface area contributed by atoms with Crippen molar-refractivity contribution in [1.82, 2.24) is 14.7 Å². The van der Waals surface area contributed by atoms with Crippen LogP contribution in [0.1, 0.15) is 25.8 Å². The van der Waals surface area contributed by atoms with E-state index in [-0.39, 0.29) is 0 Å². The maximum atomic E-state index is 11.5. The van der Waals surface area contributed by atoms with Gasteiger partial charge in [0.25, 0.3) is 0 Å². The third-order valence-electron chi connectivity index (χ3n) is 3.97. The fourth-order valence-corrected chi connectivity index (χ4v) is 2.86. The van der Waals surface area contributed by atoms with Gasteiger partial charge in [-0.1, -0.05) is 19.1 Å². The van der Waals surface area contributed by atoms with Crippen LogP contribution in [0.25, 0.3) is 16.6 Å². The molecule has 0 saturated carbocycles. The highest BCUT2D eigenvalue weighted by atomic mass is 16.4. The Kier molecular flexibility index (Phi) is 3.41. The van der Waals surface area contributed by atoms with Crippen molar-refractivity contribution in [2.24, 2.45) is 5.92 Å². The molecule has 1 unspecified atom stereocenters. The molecule has 0 saturated heterocycles. The number of hydrogen-bond donors (Lipinski definition) is 1. The zero-order valence-corrected chi connectivity index (χ0v) is 12.3. The molecule has 1 aromatic carbocycles. The van der Waals surface area contributed by atoms with Crippen molar-refractivity contribution in [3.63, 3.8) is 0 Å². The van der Waals surface area contributed by atoms with Crippen molar-refractivity contribution < 1.29 is 9.90 Å². The Morgan fingerprint density at radius 1 is 1.48 bits per heavy atom. The largest absolute Gasteiger partial charge is 0.465 e. The summed E-state index contributed by atoms with van der Waals surface area (Å²) in [4.78, 5) is 12.9. The summed E-state index contributed by atoms with van der Waals surface area (Å²) in [6.45, 7) is 5.49. The van der Waals surface area contributed by atoms with E-state index in [4.69, 9.17) is 0 Å². The molecule has 5 heteroatoms. The fourth-order valence-electron chi connectivity index (χ4n) is 2.86. The van der Waals surface area contributed by atoms with E-state index >= 15 is 0 Å². The van der Waals surface area contributed by atoms with Gasteiger partial charge in [-0.25, -0.2) is 4.79 Å². The molecule has 1 N–H and O–H groups in total. The minimum atomic E-state index is -0.892. The van der Waals surface area contributed by atoms with Crippen LogP contribution in [0.2, 0.25) is 0 Å². The number of allylic oxidation sites excluding steroid dienone is 1. The van der Waals surface area contributed by atoms with Crippen molar-refractivity contribution >= 4 is 22.7 Å². The lowest BCUT2D eigenvalue weighted by molar-refractivity contribution is 0.159. The van der Waals surface area contributed by atoms with Crippen LogP contribution in [0.4, 0.5) is 4.79 Å². The highest BCUT2D eigenvalue weighted by Gasteiger charge is 2.24. The first-order chi connectivity index (χ1) is 10.1. The highest BCUT2D eigenvalue weighted by Crippen LogP contribution is 2.29. The zero-order valence-electron chi connectivity index (χ0n) is 12.3. The fraction of sp³-hybridized carbons (Fsp3) is 0.375. The van der Waals surface area contributed by atoms with Gasteiger partial charge in [-0.05, 0) is 37.0 Å². The third kappa shape index (κ3) is 2.39. The summed E-state index contributed by atoms with van der Waals surface area (Å²) in [6.07, 6.45) is 3.87. The van der Waals surface area contributed by atoms with Crippen LogP contribution in [-0.4, -0.2) is 32.4 Å². The molecule has 0 aliphatic carbocycles. The topological polar surface area (TPSA) is 58.4 Å². The molecule has 1 amide bonds. The number of amides is 1. The molecule has 1 aliphatic rings. The van der Waals surface area contributed by atoms with Gasteiger partial charge in [0.1, 0.15) is 0 Å². The van der Waals surface area contributed by atoms with E-state index < -0.39 is 6.09 Å². The third-order valence-corrected chi connectivity index (χ3v) is 3.97. The zero-order chi connectivity index (χ0) is 15.0. The molecule has 21 heavy (non-hydrogen) atoms. The van der Waals surface area contributed by atoms with Gasteiger partial charge in [0, 0.05) is 18.5 Å². The molecule has 110 valence electrons. The first-order valence-electron chi connectivity index (χ1n) is 7.26. The molecule has 2 heterocycles. The van der Waals surface area contributed by atoms with Gasteiger partial charge in [0.15, 0.2) is 0 Å². The minimum absolute atomic E-state index is 0.358. The Balaban J connectivity index is 2.04. The summed E-state index contributed by atoms with van der Waals surface area (Å²) in [5.41, 5.74) is 2.80. The molecule has 2 aromatic rings. The van der Waals surface area contributed by atoms with E-state index in [1.165, 1.54) is 4.90 Å². The normalized spacial score (nSPS) is 18.9. The van der Waals surface area contributed by atoms with Gasteiger partial charge in [0.05, 0.1) is 17.4 Å². The van der Waals surface area contributed by atoms with E-state index in [1.54, 1.807) is 0 Å². The van der Waals surface area contributed by atoms with Gasteiger partial charge in [0.2, 0.25) is 0 Å². The molecule has 0 radical (unpaired) electrons. The van der Waals surface area contributed by atoms with Gasteiger partial charge in [-0.2, -0.15) is 5.10 Å². The van der Waals surface area contributed by atoms with E-state index in [9.17, 15) is 9.90 Å². The molecule has 1 atom stereocenters. The number of carbonyl (C=O) groups is 1. The Hall–Kier alpha value is -2.30. The molecule has 3 rings (SSSR count). The van der Waals surface area contributed by atoms with E-state index in [0.29, 0.717) is 12.5 Å². The Labute approximate surface area is 123 Å². The number of fused-ring (bicyclic) bond motifs is 1. The SMILES string of the molecule is CCn1ncc2cc(C3=CCC(C)CN3C(=O)O)ccc21. The summed E-state index contributed by atoms with van der Waals surface area (Å²) in [5.74, 6) is 0.358. The van der Waals surface area contributed by atoms with Gasteiger partial charge in [-0.3, -0.25) is 9.58 Å². The molecule has 0 spiro atoms. The number of aryl methyl sites for hydroxylation is 1. The Morgan fingerprint density at radius 3 is 3.00 bits per heavy atom. The van der Waals surface area contributed by atoms with Crippen LogP contribution < -0.4 is 0 Å². The van der Waals surface area contributed by atoms with Crippen LogP contribution in [0.15, 0.2) is 30.5 Å². The van der Waals surface area contributed by atoms with Crippen LogP contribution in [0, 0.1) is 5.92 Å². The van der Waals surface area contributed by atoms with Crippen LogP contribution >= 0.6 is 0 Å². The maximum absolute atomic E-state index is 11.5. The van der Waals surface area contributed by atoms with Crippen molar-refractivity contribution in [3.05, 3.63) is 36.0 Å². The lowest BCUT2D eigenvalue weighted by atomic mass is 9.98. The molecule has 5 nitrogen and oxygen atoms in total. The quantitative estimate of drug-likeness (QED) is 0.919. The van der Waals surface area contributed by atoms with Crippen LogP contribution in [-0.2, 0) is 6.54 Å². The number of nitrogens with zero attached hydrogens (tertiary/aromatic N) is 3. The van der Waals surface area contributed by atoms with Gasteiger partial charge >= 0.3 is 6.09 Å². The highest BCUT2D eigenvalue weighted by molar-refractivity contribution is 5.87. The molecule has 0 bridgehead atoms. The Bertz CT molecular complexity index is 717. The number of hydrogen-bond acceptors (Lipinski definition) is 2. The smallest absolute Gasteiger partial charge is 0.411 e. The lowest BCUT2D eigenvalue weighted by Gasteiger charge is -2.30. The summed E-state index contributed by atoms with van der Waals surface area (Å²) in [7, 11) is 0. The predicted molar refractivity (Wildman–Crippen MR) is 81.9 cm³/mol. The standard InChI is InChI=1S/C16H19N3O2/c1-3-19-15-7-5-12(8-13(15)9-17-19)14-6-4-11(2)10-18(14)16(20)21/h5-9,11H,3-4,10H2,1-2H3,(H,20,21). The van der Waals surface area contributed by atoms with Gasteiger partial charge in [-0.15, -0.1) is 0 Å². The summed E-state index contributed by atoms with van der Waals surface area (Å²) < 4.78 is 1.94. The van der Waals surface area contributed by atoms with Crippen LogP contribution in [0.5, 0.6) is 0 Å². The van der Waals surface area contributed by atoms with Crippen molar-refractivity contribution in [1.29, 1.82) is 0 Å². The second-order valence-electron chi connectivity index (χ2n) is 5.56. The molecule has 0 fully saturated rings. The summed E-state index contributed by atoms with van der Waals surface area (Å²) in [5, 5.41) is 14.8. The minimum Gasteiger partial charge on any atom is -0.465 e. The number of carboxylic acid groups (broad SMARTS) is 1. The van der Waals surface area contributed by atoms with Crippen molar-refractivity contribution in [2.75, 3.05) is 6.54 Å². The lowest BCUT2D eigenvalue weighted by Crippen LogP contribution is -2.34. The average Bonchev–Trinajstić information content (AvgIpc) is 2.89. The van der Waals surface area contributed by atoms with E-state index in [1.807, 2.05) is 35.2 Å². The summed E-state index contributed by atoms with van der Waals surface area (Å²) >= 11 is 0. The molecular formula is C16H19N3O2.